The molecule has 0 aromatic heterocycles. The molecule has 0 saturated carbocycles. The molecule has 0 aliphatic rings. The first-order valence-corrected chi connectivity index (χ1v) is 2.76. The van der Waals surface area contributed by atoms with Gasteiger partial charge in [0.1, 0.15) is 0 Å². The Labute approximate surface area is 28.8 Å². The van der Waals surface area contributed by atoms with Crippen molar-refractivity contribution in [2.45, 2.75) is 0 Å². The van der Waals surface area contributed by atoms with Crippen LogP contribution < -0.4 is 11.3 Å². The molecule has 0 aromatic rings. The molecule has 0 rings (SSSR count). The highest BCUT2D eigenvalue weighted by atomic mass is 28.1. The van der Waals surface area contributed by atoms with E-state index >= 15 is 0 Å². The number of hydrogen-bond donors (Lipinski definition) is 2. The van der Waals surface area contributed by atoms with E-state index in [-0.39, 0.29) is 0 Å². The lowest BCUT2D eigenvalue weighted by atomic mass is 11.5. The van der Waals surface area contributed by atoms with Crippen LogP contribution in [0.15, 0.2) is 0 Å². The van der Waals surface area contributed by atoms with Gasteiger partial charge in [0, 0.05) is 10.2 Å². The average molecular weight is 76.2 g/mol. The van der Waals surface area contributed by atoms with Gasteiger partial charge in [0.25, 0.3) is 0 Å². The van der Waals surface area contributed by atoms with Crippen LogP contribution in [0.5, 0.6) is 0 Å². The Kier molecular flexibility index (Phi) is 3.24. The number of nitrogens with one attached hydrogen (secondary N) is 1. The zero-order valence-electron chi connectivity index (χ0n) is 2.78. The van der Waals surface area contributed by atoms with Gasteiger partial charge in [0.05, 0.1) is 0 Å². The highest BCUT2D eigenvalue weighted by molar-refractivity contribution is 6.08. The fraction of sp³-hybridized carbons (Fsp3) is 1.00. The molecule has 0 aliphatic heterocycles. The molecule has 0 bridgehead atoms. The van der Waals surface area contributed by atoms with Crippen LogP contribution in [-0.4, -0.2) is 16.4 Å². The molecule has 0 atom stereocenters. The minimum absolute atomic E-state index is 0.986. The van der Waals surface area contributed by atoms with Crippen molar-refractivity contribution in [3.05, 3.63) is 0 Å². The zero-order valence-corrected chi connectivity index (χ0v) is 4.78. The molecule has 0 spiro atoms. The third-order valence-electron chi connectivity index (χ3n) is 0.204. The molecule has 26 valence electrons. The van der Waals surface area contributed by atoms with Gasteiger partial charge in [-0.2, -0.15) is 0 Å². The number of nitrogens with two attached hydrogens (primary N) is 1. The molecular formula is CH8N2Si. The van der Waals surface area contributed by atoms with E-state index < -0.39 is 0 Å². The van der Waals surface area contributed by atoms with E-state index in [0.717, 1.165) is 16.4 Å². The highest BCUT2D eigenvalue weighted by Gasteiger charge is 1.50. The van der Waals surface area contributed by atoms with E-state index in [1.165, 1.54) is 0 Å². The molecule has 3 N–H and O–H groups in total. The summed E-state index contributed by atoms with van der Waals surface area (Å²) in [6, 6.07) is 0. The van der Waals surface area contributed by atoms with Crippen LogP contribution >= 0.6 is 0 Å². The van der Waals surface area contributed by atoms with Gasteiger partial charge in [-0.3, -0.25) is 11.3 Å². The fourth-order valence-electron chi connectivity index (χ4n) is 0. The maximum Gasteiger partial charge on any atom is 0.0220 e. The molecule has 0 fully saturated rings. The average Bonchev–Trinajstić information content (AvgIpc) is 1.37. The van der Waals surface area contributed by atoms with E-state index in [0.29, 0.717) is 0 Å². The van der Waals surface area contributed by atoms with E-state index in [1.807, 2.05) is 0 Å². The summed E-state index contributed by atoms with van der Waals surface area (Å²) in [6.07, 6.45) is 0.986. The predicted molar refractivity (Wildman–Crippen MR) is 22.1 cm³/mol. The molecule has 0 unspecified atom stereocenters. The lowest BCUT2D eigenvalue weighted by Crippen LogP contribution is -2.22. The van der Waals surface area contributed by atoms with Crippen molar-refractivity contribution in [2.75, 3.05) is 6.17 Å². The van der Waals surface area contributed by atoms with E-state index in [4.69, 9.17) is 5.84 Å². The van der Waals surface area contributed by atoms with E-state index in [1.54, 1.807) is 0 Å². The Morgan fingerprint density at radius 3 is 2.25 bits per heavy atom. The molecule has 0 saturated heterocycles. The molecule has 0 aromatic carbocycles. The quantitative estimate of drug-likeness (QED) is 0.211. The van der Waals surface area contributed by atoms with Crippen LogP contribution in [-0.2, 0) is 0 Å². The fourth-order valence-corrected chi connectivity index (χ4v) is 0. The van der Waals surface area contributed by atoms with Gasteiger partial charge in [-0.1, -0.05) is 0 Å². The highest BCUT2D eigenvalue weighted by Crippen LogP contribution is 1.16. The Hall–Kier alpha value is 0.137. The maximum atomic E-state index is 4.81. The SMILES string of the molecule is NNC[SiH3]. The smallest absolute Gasteiger partial charge is 0.0220 e. The third kappa shape index (κ3) is 2.14. The normalized spacial score (nSPS) is 8.25. The van der Waals surface area contributed by atoms with Crippen molar-refractivity contribution >= 4 is 10.2 Å². The van der Waals surface area contributed by atoms with Crippen LogP contribution in [0, 0.1) is 0 Å². The Bertz CT molecular complexity index is 8.00. The van der Waals surface area contributed by atoms with Crippen molar-refractivity contribution in [1.82, 2.24) is 5.43 Å². The largest absolute Gasteiger partial charge is 0.272 e. The summed E-state index contributed by atoms with van der Waals surface area (Å²) in [6.45, 7) is 0. The van der Waals surface area contributed by atoms with Gasteiger partial charge in [-0.25, -0.2) is 0 Å². The first-order chi connectivity index (χ1) is 1.91. The third-order valence-corrected chi connectivity index (χ3v) is 0.612. The van der Waals surface area contributed by atoms with Crippen molar-refractivity contribution in [1.29, 1.82) is 0 Å². The summed E-state index contributed by atoms with van der Waals surface area (Å²) in [5.41, 5.74) is 2.49. The van der Waals surface area contributed by atoms with E-state index in [9.17, 15) is 0 Å². The van der Waals surface area contributed by atoms with Crippen LogP contribution in [0.25, 0.3) is 0 Å². The summed E-state index contributed by atoms with van der Waals surface area (Å²) in [5.74, 6) is 4.81. The molecule has 0 aliphatic carbocycles. The lowest BCUT2D eigenvalue weighted by molar-refractivity contribution is 0.865. The number of hydrogen-bond acceptors (Lipinski definition) is 2. The first-order valence-electron chi connectivity index (χ1n) is 1.35. The van der Waals surface area contributed by atoms with Gasteiger partial charge in [-0.15, -0.1) is 0 Å². The van der Waals surface area contributed by atoms with Gasteiger partial charge in [-0.05, 0) is 6.17 Å². The molecule has 2 nitrogen and oxygen atoms in total. The van der Waals surface area contributed by atoms with Crippen LogP contribution in [0.2, 0.25) is 0 Å². The van der Waals surface area contributed by atoms with Crippen LogP contribution in [0.3, 0.4) is 0 Å². The summed E-state index contributed by atoms with van der Waals surface area (Å²) < 4.78 is 0. The van der Waals surface area contributed by atoms with Crippen LogP contribution in [0.4, 0.5) is 0 Å². The Morgan fingerprint density at radius 1 is 2.00 bits per heavy atom. The molecule has 0 radical (unpaired) electrons. The standard InChI is InChI=1S/CH8N2Si/c2-3-1-4/h3H,1-2H2,4H3. The first kappa shape index (κ1) is 4.14. The second kappa shape index (κ2) is 3.14. The van der Waals surface area contributed by atoms with Crippen LogP contribution in [0.1, 0.15) is 0 Å². The van der Waals surface area contributed by atoms with Gasteiger partial charge in [0.2, 0.25) is 0 Å². The second-order valence-electron chi connectivity index (χ2n) is 0.558. The topological polar surface area (TPSA) is 38.0 Å². The van der Waals surface area contributed by atoms with Crippen molar-refractivity contribution in [2.24, 2.45) is 5.84 Å². The lowest BCUT2D eigenvalue weighted by Gasteiger charge is -1.77. The maximum absolute atomic E-state index is 4.81. The Balaban J connectivity index is 1.97. The van der Waals surface area contributed by atoms with Gasteiger partial charge >= 0.3 is 0 Å². The minimum Gasteiger partial charge on any atom is -0.272 e. The summed E-state index contributed by atoms with van der Waals surface area (Å²) >= 11 is 0. The summed E-state index contributed by atoms with van der Waals surface area (Å²) in [7, 11) is 1.15. The number of rotatable bonds is 1. The van der Waals surface area contributed by atoms with Crippen molar-refractivity contribution < 1.29 is 0 Å². The molecule has 0 amide bonds. The predicted octanol–water partition coefficient (Wildman–Crippen LogP) is -2.23. The molecule has 4 heavy (non-hydrogen) atoms. The van der Waals surface area contributed by atoms with Gasteiger partial charge < -0.3 is 0 Å². The van der Waals surface area contributed by atoms with E-state index in [2.05, 4.69) is 5.43 Å². The molecule has 3 heteroatoms. The molecular weight excluding hydrogens is 68.1 g/mol. The van der Waals surface area contributed by atoms with Crippen molar-refractivity contribution in [3.63, 3.8) is 0 Å². The number of hydrazine groups is 1. The monoisotopic (exact) mass is 76.0 g/mol. The van der Waals surface area contributed by atoms with Gasteiger partial charge in [0.15, 0.2) is 0 Å². The minimum atomic E-state index is 0.986. The summed E-state index contributed by atoms with van der Waals surface area (Å²) in [4.78, 5) is 0. The Morgan fingerprint density at radius 2 is 2.25 bits per heavy atom. The zero-order chi connectivity index (χ0) is 3.41. The summed E-state index contributed by atoms with van der Waals surface area (Å²) in [5, 5.41) is 0. The van der Waals surface area contributed by atoms with Crippen molar-refractivity contribution in [3.8, 4) is 0 Å². The second-order valence-corrected chi connectivity index (χ2v) is 1.26. The molecule has 0 heterocycles.